The Labute approximate surface area is 176 Å². The molecule has 9 heteroatoms. The van der Waals surface area contributed by atoms with Gasteiger partial charge in [0.15, 0.2) is 0 Å². The van der Waals surface area contributed by atoms with Crippen LogP contribution in [0.4, 0.5) is 5.69 Å². The van der Waals surface area contributed by atoms with Crippen LogP contribution in [0, 0.1) is 13.8 Å². The van der Waals surface area contributed by atoms with Gasteiger partial charge in [0.25, 0.3) is 0 Å². The molecule has 1 aromatic carbocycles. The SMILES string of the molecule is CCC(C(=O)Nc1ccc2c(Cl)c(C(=O)OC)sc2c1)n1nc(C)c(Cl)c1C. The Hall–Kier alpha value is -2.09. The van der Waals surface area contributed by atoms with Gasteiger partial charge in [-0.1, -0.05) is 30.1 Å². The topological polar surface area (TPSA) is 73.2 Å². The molecular weight excluding hydrogens is 421 g/mol. The fourth-order valence-electron chi connectivity index (χ4n) is 3.01. The van der Waals surface area contributed by atoms with Gasteiger partial charge in [-0.25, -0.2) is 4.79 Å². The quantitative estimate of drug-likeness (QED) is 0.540. The van der Waals surface area contributed by atoms with Gasteiger partial charge < -0.3 is 10.1 Å². The van der Waals surface area contributed by atoms with Crippen molar-refractivity contribution in [2.24, 2.45) is 0 Å². The van der Waals surface area contributed by atoms with E-state index in [1.807, 2.05) is 20.8 Å². The zero-order valence-corrected chi connectivity index (χ0v) is 18.1. The van der Waals surface area contributed by atoms with Crippen LogP contribution in [0.1, 0.15) is 40.4 Å². The number of hydrogen-bond donors (Lipinski definition) is 1. The summed E-state index contributed by atoms with van der Waals surface area (Å²) in [4.78, 5) is 25.0. The van der Waals surface area contributed by atoms with Gasteiger partial charge in [0.05, 0.1) is 28.5 Å². The van der Waals surface area contributed by atoms with E-state index in [0.717, 1.165) is 15.8 Å². The fourth-order valence-corrected chi connectivity index (χ4v) is 4.60. The number of halogens is 2. The summed E-state index contributed by atoms with van der Waals surface area (Å²) in [7, 11) is 1.31. The van der Waals surface area contributed by atoms with E-state index in [-0.39, 0.29) is 5.91 Å². The highest BCUT2D eigenvalue weighted by molar-refractivity contribution is 7.21. The van der Waals surface area contributed by atoms with Crippen molar-refractivity contribution in [3.63, 3.8) is 0 Å². The number of benzene rings is 1. The number of thiophene rings is 1. The van der Waals surface area contributed by atoms with Crippen LogP contribution in [-0.4, -0.2) is 28.8 Å². The lowest BCUT2D eigenvalue weighted by atomic mass is 10.2. The Kier molecular flexibility index (Phi) is 5.98. The maximum atomic E-state index is 12.9. The predicted octanol–water partition coefficient (Wildman–Crippen LogP) is 5.40. The van der Waals surface area contributed by atoms with E-state index in [1.54, 1.807) is 22.9 Å². The number of fused-ring (bicyclic) bond motifs is 1. The molecule has 148 valence electrons. The van der Waals surface area contributed by atoms with E-state index in [4.69, 9.17) is 27.9 Å². The maximum Gasteiger partial charge on any atom is 0.349 e. The average molecular weight is 440 g/mol. The number of aryl methyl sites for hydroxylation is 1. The molecule has 0 aliphatic rings. The van der Waals surface area contributed by atoms with Gasteiger partial charge >= 0.3 is 5.97 Å². The molecule has 28 heavy (non-hydrogen) atoms. The molecule has 0 spiro atoms. The molecule has 0 saturated heterocycles. The Morgan fingerprint density at radius 2 is 2.00 bits per heavy atom. The number of hydrogen-bond acceptors (Lipinski definition) is 5. The fraction of sp³-hybridized carbons (Fsp3) is 0.316. The lowest BCUT2D eigenvalue weighted by molar-refractivity contribution is -0.119. The van der Waals surface area contributed by atoms with Gasteiger partial charge in [-0.3, -0.25) is 9.48 Å². The summed E-state index contributed by atoms with van der Waals surface area (Å²) in [5.41, 5.74) is 2.05. The molecule has 1 amide bonds. The lowest BCUT2D eigenvalue weighted by Crippen LogP contribution is -2.27. The van der Waals surface area contributed by atoms with Crippen LogP contribution in [-0.2, 0) is 9.53 Å². The molecule has 2 aromatic heterocycles. The molecule has 1 unspecified atom stereocenters. The summed E-state index contributed by atoms with van der Waals surface area (Å²) >= 11 is 13.7. The predicted molar refractivity (Wildman–Crippen MR) is 113 cm³/mol. The minimum absolute atomic E-state index is 0.194. The number of esters is 1. The van der Waals surface area contributed by atoms with Crippen molar-refractivity contribution in [3.8, 4) is 0 Å². The van der Waals surface area contributed by atoms with E-state index in [0.29, 0.717) is 32.7 Å². The van der Waals surface area contributed by atoms with Crippen LogP contribution in [0.25, 0.3) is 10.1 Å². The largest absolute Gasteiger partial charge is 0.465 e. The van der Waals surface area contributed by atoms with Crippen LogP contribution < -0.4 is 5.32 Å². The van der Waals surface area contributed by atoms with E-state index >= 15 is 0 Å². The number of amides is 1. The van der Waals surface area contributed by atoms with E-state index < -0.39 is 12.0 Å². The number of aromatic nitrogens is 2. The van der Waals surface area contributed by atoms with Crippen molar-refractivity contribution in [1.29, 1.82) is 0 Å². The summed E-state index contributed by atoms with van der Waals surface area (Å²) in [6.07, 6.45) is 0.559. The molecule has 3 aromatic rings. The first-order valence-corrected chi connectivity index (χ1v) is 10.2. The highest BCUT2D eigenvalue weighted by Gasteiger charge is 2.24. The summed E-state index contributed by atoms with van der Waals surface area (Å²) in [5.74, 6) is -0.677. The van der Waals surface area contributed by atoms with Gasteiger partial charge in [0.2, 0.25) is 5.91 Å². The number of ether oxygens (including phenoxy) is 1. The molecule has 1 N–H and O–H groups in total. The smallest absolute Gasteiger partial charge is 0.349 e. The number of rotatable bonds is 5. The molecule has 0 saturated carbocycles. The molecule has 0 radical (unpaired) electrons. The first-order chi connectivity index (χ1) is 13.3. The van der Waals surface area contributed by atoms with Crippen molar-refractivity contribution in [2.75, 3.05) is 12.4 Å². The highest BCUT2D eigenvalue weighted by Crippen LogP contribution is 2.37. The molecule has 0 bridgehead atoms. The number of methoxy groups -OCH3 is 1. The summed E-state index contributed by atoms with van der Waals surface area (Å²) in [6.45, 7) is 5.57. The Morgan fingerprint density at radius 3 is 2.57 bits per heavy atom. The van der Waals surface area contributed by atoms with Crippen LogP contribution >= 0.6 is 34.5 Å². The van der Waals surface area contributed by atoms with E-state index in [2.05, 4.69) is 10.4 Å². The molecular formula is C19H19Cl2N3O3S. The lowest BCUT2D eigenvalue weighted by Gasteiger charge is -2.17. The summed E-state index contributed by atoms with van der Waals surface area (Å²) < 4.78 is 7.19. The number of anilines is 1. The zero-order valence-electron chi connectivity index (χ0n) is 15.8. The van der Waals surface area contributed by atoms with Crippen molar-refractivity contribution in [1.82, 2.24) is 9.78 Å². The minimum atomic E-state index is -0.487. The third kappa shape index (κ3) is 3.62. The van der Waals surface area contributed by atoms with Crippen molar-refractivity contribution < 1.29 is 14.3 Å². The summed E-state index contributed by atoms with van der Waals surface area (Å²) in [5, 5.41) is 8.97. The maximum absolute atomic E-state index is 12.9. The van der Waals surface area contributed by atoms with E-state index in [9.17, 15) is 9.59 Å². The molecule has 1 atom stereocenters. The van der Waals surface area contributed by atoms with Gasteiger partial charge in [0, 0.05) is 15.8 Å². The standard InChI is InChI=1S/C19H19Cl2N3O3S/c1-5-13(24-10(3)15(20)9(2)23-24)18(25)22-11-6-7-12-14(8-11)28-17(16(12)21)19(26)27-4/h6-8,13H,5H2,1-4H3,(H,22,25). The Morgan fingerprint density at radius 1 is 1.29 bits per heavy atom. The van der Waals surface area contributed by atoms with Gasteiger partial charge in [-0.2, -0.15) is 5.10 Å². The van der Waals surface area contributed by atoms with E-state index in [1.165, 1.54) is 18.4 Å². The van der Waals surface area contributed by atoms with Crippen molar-refractivity contribution in [3.05, 3.63) is 44.5 Å². The Bertz CT molecular complexity index is 1070. The molecule has 6 nitrogen and oxygen atoms in total. The molecule has 0 aliphatic carbocycles. The highest BCUT2D eigenvalue weighted by atomic mass is 35.5. The minimum Gasteiger partial charge on any atom is -0.465 e. The zero-order chi connectivity index (χ0) is 20.6. The number of nitrogens with zero attached hydrogens (tertiary/aromatic N) is 2. The van der Waals surface area contributed by atoms with Crippen molar-refractivity contribution in [2.45, 2.75) is 33.2 Å². The number of carbonyl (C=O) groups is 2. The van der Waals surface area contributed by atoms with Crippen LogP contribution in [0.15, 0.2) is 18.2 Å². The Balaban J connectivity index is 1.89. The van der Waals surface area contributed by atoms with Crippen LogP contribution in [0.2, 0.25) is 10.0 Å². The van der Waals surface area contributed by atoms with Gasteiger partial charge in [-0.15, -0.1) is 11.3 Å². The van der Waals surface area contributed by atoms with Crippen molar-refractivity contribution >= 4 is 62.2 Å². The first kappa shape index (κ1) is 20.6. The molecule has 0 fully saturated rings. The number of carbonyl (C=O) groups excluding carboxylic acids is 2. The summed E-state index contributed by atoms with van der Waals surface area (Å²) in [6, 6.07) is 4.83. The van der Waals surface area contributed by atoms with Crippen LogP contribution in [0.3, 0.4) is 0 Å². The van der Waals surface area contributed by atoms with Gasteiger partial charge in [0.1, 0.15) is 10.9 Å². The monoisotopic (exact) mass is 439 g/mol. The second-order valence-electron chi connectivity index (χ2n) is 6.29. The molecule has 2 heterocycles. The second-order valence-corrected chi connectivity index (χ2v) is 8.10. The third-order valence-electron chi connectivity index (χ3n) is 4.49. The first-order valence-electron chi connectivity index (χ1n) is 8.60. The second kappa shape index (κ2) is 8.11. The average Bonchev–Trinajstić information content (AvgIpc) is 3.13. The molecule has 0 aliphatic heterocycles. The third-order valence-corrected chi connectivity index (χ3v) is 6.67. The van der Waals surface area contributed by atoms with Gasteiger partial charge in [-0.05, 0) is 38.5 Å². The van der Waals surface area contributed by atoms with Crippen LogP contribution in [0.5, 0.6) is 0 Å². The normalized spacial score (nSPS) is 12.2. The number of nitrogens with one attached hydrogen (secondary N) is 1. The molecule has 3 rings (SSSR count).